The third-order valence-corrected chi connectivity index (χ3v) is 2.67. The molecule has 1 aromatic carbocycles. The van der Waals surface area contributed by atoms with E-state index in [-0.39, 0.29) is 6.54 Å². The number of nitrogens with one attached hydrogen (secondary N) is 1. The number of carbonyl (C=O) groups is 2. The normalized spacial score (nSPS) is 12.4. The van der Waals surface area contributed by atoms with Crippen LogP contribution in [0.5, 0.6) is 0 Å². The quantitative estimate of drug-likeness (QED) is 0.829. The smallest absolute Gasteiger partial charge is 0.408 e. The van der Waals surface area contributed by atoms with Gasteiger partial charge in [0, 0.05) is 6.54 Å². The van der Waals surface area contributed by atoms with Gasteiger partial charge in [-0.25, -0.2) is 9.59 Å². The highest BCUT2D eigenvalue weighted by Crippen LogP contribution is 2.19. The van der Waals surface area contributed by atoms with Gasteiger partial charge < -0.3 is 20.5 Å². The number of carbonyl (C=O) groups excluding carboxylic acids is 2. The lowest BCUT2D eigenvalue weighted by molar-refractivity contribution is 0.0499. The summed E-state index contributed by atoms with van der Waals surface area (Å²) >= 11 is 0. The zero-order chi connectivity index (χ0) is 16.0. The number of benzene rings is 1. The van der Waals surface area contributed by atoms with Crippen molar-refractivity contribution < 1.29 is 19.1 Å². The van der Waals surface area contributed by atoms with Gasteiger partial charge in [-0.15, -0.1) is 0 Å². The Kier molecular flexibility index (Phi) is 5.72. The van der Waals surface area contributed by atoms with E-state index in [0.29, 0.717) is 11.1 Å². The Morgan fingerprint density at radius 3 is 2.43 bits per heavy atom. The number of ether oxygens (including phenoxy) is 2. The minimum absolute atomic E-state index is 0.132. The van der Waals surface area contributed by atoms with Crippen LogP contribution in [0.1, 0.15) is 42.7 Å². The number of hydrogen-bond donors (Lipinski definition) is 2. The maximum atomic E-state index is 11.8. The first kappa shape index (κ1) is 17.0. The Labute approximate surface area is 124 Å². The van der Waals surface area contributed by atoms with Gasteiger partial charge in [0.15, 0.2) is 0 Å². The van der Waals surface area contributed by atoms with E-state index >= 15 is 0 Å². The molecule has 0 aliphatic heterocycles. The van der Waals surface area contributed by atoms with Crippen LogP contribution >= 0.6 is 0 Å². The summed E-state index contributed by atoms with van der Waals surface area (Å²) in [6, 6.07) is 6.30. The molecule has 0 fully saturated rings. The van der Waals surface area contributed by atoms with Gasteiger partial charge in [-0.05, 0) is 32.4 Å². The number of esters is 1. The van der Waals surface area contributed by atoms with Gasteiger partial charge in [0.05, 0.1) is 18.7 Å². The molecule has 0 radical (unpaired) electrons. The predicted molar refractivity (Wildman–Crippen MR) is 78.9 cm³/mol. The zero-order valence-electron chi connectivity index (χ0n) is 12.8. The number of hydrogen-bond acceptors (Lipinski definition) is 5. The molecule has 0 aliphatic carbocycles. The highest BCUT2D eigenvalue weighted by Gasteiger charge is 2.23. The summed E-state index contributed by atoms with van der Waals surface area (Å²) in [5.74, 6) is -0.477. The SMILES string of the molecule is COC(=O)c1ccccc1C(CN)NC(=O)OC(C)(C)C. The fourth-order valence-electron chi connectivity index (χ4n) is 1.81. The highest BCUT2D eigenvalue weighted by atomic mass is 16.6. The molecule has 116 valence electrons. The molecule has 6 heteroatoms. The Bertz CT molecular complexity index is 509. The van der Waals surface area contributed by atoms with E-state index in [4.69, 9.17) is 15.2 Å². The summed E-state index contributed by atoms with van der Waals surface area (Å²) in [5.41, 5.74) is 6.06. The number of rotatable bonds is 4. The molecule has 0 heterocycles. The lowest BCUT2D eigenvalue weighted by Crippen LogP contribution is -2.38. The van der Waals surface area contributed by atoms with E-state index < -0.39 is 23.7 Å². The average molecular weight is 294 g/mol. The fourth-order valence-corrected chi connectivity index (χ4v) is 1.81. The van der Waals surface area contributed by atoms with Crippen molar-refractivity contribution in [2.75, 3.05) is 13.7 Å². The Hall–Kier alpha value is -2.08. The third-order valence-electron chi connectivity index (χ3n) is 2.67. The summed E-state index contributed by atoms with van der Waals surface area (Å²) < 4.78 is 9.93. The van der Waals surface area contributed by atoms with Gasteiger partial charge in [0.2, 0.25) is 0 Å². The van der Waals surface area contributed by atoms with Crippen molar-refractivity contribution in [2.24, 2.45) is 5.73 Å². The van der Waals surface area contributed by atoms with Crippen molar-refractivity contribution in [3.63, 3.8) is 0 Å². The first-order chi connectivity index (χ1) is 9.78. The highest BCUT2D eigenvalue weighted by molar-refractivity contribution is 5.91. The Balaban J connectivity index is 2.96. The van der Waals surface area contributed by atoms with Crippen molar-refractivity contribution in [3.8, 4) is 0 Å². The molecule has 0 saturated heterocycles. The molecular weight excluding hydrogens is 272 g/mol. The first-order valence-electron chi connectivity index (χ1n) is 6.65. The molecule has 1 amide bonds. The van der Waals surface area contributed by atoms with Gasteiger partial charge in [-0.3, -0.25) is 0 Å². The monoisotopic (exact) mass is 294 g/mol. The van der Waals surface area contributed by atoms with Crippen LogP contribution in [0.4, 0.5) is 4.79 Å². The molecule has 0 bridgehead atoms. The molecule has 0 spiro atoms. The summed E-state index contributed by atoms with van der Waals surface area (Å²) in [5, 5.41) is 2.66. The summed E-state index contributed by atoms with van der Waals surface area (Å²) in [6.07, 6.45) is -0.586. The minimum Gasteiger partial charge on any atom is -0.465 e. The topological polar surface area (TPSA) is 90.6 Å². The Morgan fingerprint density at radius 1 is 1.29 bits per heavy atom. The van der Waals surface area contributed by atoms with Crippen molar-refractivity contribution >= 4 is 12.1 Å². The number of amides is 1. The lowest BCUT2D eigenvalue weighted by Gasteiger charge is -2.24. The van der Waals surface area contributed by atoms with E-state index in [1.807, 2.05) is 0 Å². The average Bonchev–Trinajstić information content (AvgIpc) is 2.42. The van der Waals surface area contributed by atoms with E-state index in [0.717, 1.165) is 0 Å². The van der Waals surface area contributed by atoms with Crippen LogP contribution in [0.3, 0.4) is 0 Å². The van der Waals surface area contributed by atoms with Crippen molar-refractivity contribution in [3.05, 3.63) is 35.4 Å². The zero-order valence-corrected chi connectivity index (χ0v) is 12.8. The van der Waals surface area contributed by atoms with Crippen molar-refractivity contribution in [2.45, 2.75) is 32.4 Å². The fraction of sp³-hybridized carbons (Fsp3) is 0.467. The molecule has 1 aromatic rings. The standard InChI is InChI=1S/C15H22N2O4/c1-15(2,3)21-14(19)17-12(9-16)10-7-5-6-8-11(10)13(18)20-4/h5-8,12H,9,16H2,1-4H3,(H,17,19). The molecular formula is C15H22N2O4. The number of nitrogens with two attached hydrogens (primary N) is 1. The van der Waals surface area contributed by atoms with Crippen LogP contribution in [0.25, 0.3) is 0 Å². The van der Waals surface area contributed by atoms with Crippen LogP contribution in [-0.4, -0.2) is 31.3 Å². The second kappa shape index (κ2) is 7.08. The number of alkyl carbamates (subject to hydrolysis) is 1. The van der Waals surface area contributed by atoms with Crippen LogP contribution in [0, 0.1) is 0 Å². The molecule has 21 heavy (non-hydrogen) atoms. The maximum absolute atomic E-state index is 11.8. The Morgan fingerprint density at radius 2 is 1.90 bits per heavy atom. The molecule has 0 aliphatic rings. The lowest BCUT2D eigenvalue weighted by atomic mass is 10.0. The van der Waals surface area contributed by atoms with Gasteiger partial charge in [0.1, 0.15) is 5.60 Å². The van der Waals surface area contributed by atoms with E-state index in [1.54, 1.807) is 45.0 Å². The molecule has 3 N–H and O–H groups in total. The van der Waals surface area contributed by atoms with Crippen molar-refractivity contribution in [1.82, 2.24) is 5.32 Å². The van der Waals surface area contributed by atoms with Crippen molar-refractivity contribution in [1.29, 1.82) is 0 Å². The molecule has 0 aromatic heterocycles. The summed E-state index contributed by atoms with van der Waals surface area (Å²) in [7, 11) is 1.30. The predicted octanol–water partition coefficient (Wildman–Crippen LogP) is 2.00. The van der Waals surface area contributed by atoms with E-state index in [2.05, 4.69) is 5.32 Å². The minimum atomic E-state index is -0.606. The largest absolute Gasteiger partial charge is 0.465 e. The van der Waals surface area contributed by atoms with E-state index in [9.17, 15) is 9.59 Å². The van der Waals surface area contributed by atoms with Crippen LogP contribution < -0.4 is 11.1 Å². The second-order valence-electron chi connectivity index (χ2n) is 5.51. The second-order valence-corrected chi connectivity index (χ2v) is 5.51. The van der Waals surface area contributed by atoms with Gasteiger partial charge in [-0.1, -0.05) is 18.2 Å². The van der Waals surface area contributed by atoms with Gasteiger partial charge in [-0.2, -0.15) is 0 Å². The molecule has 1 rings (SSSR count). The molecule has 1 unspecified atom stereocenters. The molecule has 0 saturated carbocycles. The number of methoxy groups -OCH3 is 1. The maximum Gasteiger partial charge on any atom is 0.408 e. The van der Waals surface area contributed by atoms with Crippen LogP contribution in [0.2, 0.25) is 0 Å². The molecule has 6 nitrogen and oxygen atoms in total. The molecule has 1 atom stereocenters. The van der Waals surface area contributed by atoms with E-state index in [1.165, 1.54) is 7.11 Å². The third kappa shape index (κ3) is 5.07. The van der Waals surface area contributed by atoms with Gasteiger partial charge >= 0.3 is 12.1 Å². The summed E-state index contributed by atoms with van der Waals surface area (Å²) in [4.78, 5) is 23.6. The van der Waals surface area contributed by atoms with Crippen LogP contribution in [0.15, 0.2) is 24.3 Å². The van der Waals surface area contributed by atoms with Gasteiger partial charge in [0.25, 0.3) is 0 Å². The summed E-state index contributed by atoms with van der Waals surface area (Å²) in [6.45, 7) is 5.44. The first-order valence-corrected chi connectivity index (χ1v) is 6.65. The van der Waals surface area contributed by atoms with Crippen LogP contribution in [-0.2, 0) is 9.47 Å².